The molecule has 4 aliphatic rings. The molecule has 1 aromatic carbocycles. The molecule has 9 nitrogen and oxygen atoms in total. The van der Waals surface area contributed by atoms with Gasteiger partial charge in [0.1, 0.15) is 6.10 Å². The van der Waals surface area contributed by atoms with E-state index >= 15 is 0 Å². The van der Waals surface area contributed by atoms with Gasteiger partial charge in [-0.25, -0.2) is 9.59 Å². The number of Topliss-reactive ketones (excluding diaryl/α,β-unsaturated/α-hetero) is 1. The molecule has 204 valence electrons. The number of carbonyl (C=O) groups excluding carboxylic acids is 2. The molecule has 4 N–H and O–H groups in total. The van der Waals surface area contributed by atoms with Crippen molar-refractivity contribution in [2.45, 2.75) is 58.0 Å². The van der Waals surface area contributed by atoms with E-state index in [1.807, 2.05) is 13.8 Å². The van der Waals surface area contributed by atoms with Crippen molar-refractivity contribution >= 4 is 23.6 Å². The van der Waals surface area contributed by atoms with Crippen LogP contribution in [-0.4, -0.2) is 63.7 Å². The molecule has 0 heterocycles. The molecule has 1 aromatic rings. The fourth-order valence-electron chi connectivity index (χ4n) is 7.95. The molecule has 4 aliphatic carbocycles. The molecule has 0 saturated heterocycles. The number of carbonyl (C=O) groups is 3. The maximum Gasteiger partial charge on any atom is 0.506 e. The number of allylic oxidation sites excluding steroid dienone is 1. The van der Waals surface area contributed by atoms with Crippen LogP contribution in [0.4, 0.5) is 10.5 Å². The Morgan fingerprint density at radius 3 is 2.37 bits per heavy atom. The Bertz CT molecular complexity index is 1280. The van der Waals surface area contributed by atoms with E-state index in [1.54, 1.807) is 64.2 Å². The average molecular weight is 526 g/mol. The highest BCUT2D eigenvalue weighted by Crippen LogP contribution is 2.77. The standard InChI is InChI=1S/C29H35NO8/c1-13-11-17-20(21(13)31)22(32)14(2)12-18-23-27(4,5)29(23,38-26(34)35)24(15(3)28(17,18)36)37-25(33)16-9-7-8-10-19(16)30-6/h7-12,15,17-18,20,22-24,30,32,36H,1-6H3,(H,34,35)/t15-,17-,18+,20+,22-,23-,24-,28+,29-/m1/s1. The lowest BCUT2D eigenvalue weighted by atomic mass is 9.59. The highest BCUT2D eigenvalue weighted by molar-refractivity contribution is 6.00. The minimum Gasteiger partial charge on any atom is -0.454 e. The second kappa shape index (κ2) is 8.41. The molecule has 0 unspecified atom stereocenters. The lowest BCUT2D eigenvalue weighted by molar-refractivity contribution is -0.197. The number of hydrogen-bond donors (Lipinski definition) is 4. The van der Waals surface area contributed by atoms with Gasteiger partial charge in [-0.1, -0.05) is 45.1 Å². The molecular weight excluding hydrogens is 490 g/mol. The number of aliphatic hydroxyl groups excluding tert-OH is 1. The summed E-state index contributed by atoms with van der Waals surface area (Å²) in [5.74, 6) is -4.66. The normalized spacial score (nSPS) is 40.4. The summed E-state index contributed by atoms with van der Waals surface area (Å²) in [7, 11) is 1.68. The van der Waals surface area contributed by atoms with Crippen LogP contribution in [0.2, 0.25) is 0 Å². The molecule has 0 radical (unpaired) electrons. The molecule has 2 fully saturated rings. The zero-order chi connectivity index (χ0) is 27.9. The van der Waals surface area contributed by atoms with Gasteiger partial charge in [0.15, 0.2) is 11.4 Å². The molecule has 2 saturated carbocycles. The van der Waals surface area contributed by atoms with Crippen molar-refractivity contribution in [1.29, 1.82) is 0 Å². The number of nitrogens with one attached hydrogen (secondary N) is 1. The minimum atomic E-state index is -1.63. The summed E-state index contributed by atoms with van der Waals surface area (Å²) < 4.78 is 11.8. The van der Waals surface area contributed by atoms with Crippen LogP contribution in [0.15, 0.2) is 47.6 Å². The molecule has 0 aromatic heterocycles. The van der Waals surface area contributed by atoms with E-state index in [0.29, 0.717) is 16.8 Å². The van der Waals surface area contributed by atoms with E-state index in [9.17, 15) is 29.7 Å². The number of aliphatic hydroxyl groups is 2. The van der Waals surface area contributed by atoms with E-state index in [0.717, 1.165) is 0 Å². The van der Waals surface area contributed by atoms with Crippen LogP contribution in [0, 0.1) is 35.0 Å². The van der Waals surface area contributed by atoms with Crippen molar-refractivity contribution in [2.24, 2.45) is 35.0 Å². The molecular formula is C29H35NO8. The van der Waals surface area contributed by atoms with Gasteiger partial charge in [-0.3, -0.25) is 4.79 Å². The van der Waals surface area contributed by atoms with E-state index < -0.39 is 70.5 Å². The number of rotatable bonds is 4. The van der Waals surface area contributed by atoms with Crippen LogP contribution in [0.3, 0.4) is 0 Å². The maximum atomic E-state index is 13.5. The second-order valence-electron chi connectivity index (χ2n) is 11.8. The summed E-state index contributed by atoms with van der Waals surface area (Å²) in [5.41, 5.74) is -2.11. The third kappa shape index (κ3) is 3.21. The highest BCUT2D eigenvalue weighted by Gasteiger charge is 2.87. The first kappa shape index (κ1) is 26.4. The van der Waals surface area contributed by atoms with Crippen LogP contribution in [0.5, 0.6) is 0 Å². The molecule has 0 bridgehead atoms. The van der Waals surface area contributed by atoms with Gasteiger partial charge in [-0.2, -0.15) is 0 Å². The molecule has 38 heavy (non-hydrogen) atoms. The van der Waals surface area contributed by atoms with Crippen molar-refractivity contribution in [1.82, 2.24) is 0 Å². The zero-order valence-electron chi connectivity index (χ0n) is 22.4. The molecule has 0 amide bonds. The largest absolute Gasteiger partial charge is 0.506 e. The number of hydrogen-bond acceptors (Lipinski definition) is 8. The van der Waals surface area contributed by atoms with Gasteiger partial charge >= 0.3 is 12.1 Å². The Labute approximate surface area is 221 Å². The van der Waals surface area contributed by atoms with E-state index in [1.165, 1.54) is 0 Å². The first-order valence-electron chi connectivity index (χ1n) is 13.0. The topological polar surface area (TPSA) is 142 Å². The Morgan fingerprint density at radius 1 is 1.08 bits per heavy atom. The van der Waals surface area contributed by atoms with Crippen LogP contribution in [-0.2, 0) is 14.3 Å². The number of ether oxygens (including phenoxy) is 2. The zero-order valence-corrected chi connectivity index (χ0v) is 22.4. The summed E-state index contributed by atoms with van der Waals surface area (Å²) in [6.45, 7) is 8.76. The molecule has 9 atom stereocenters. The van der Waals surface area contributed by atoms with Crippen molar-refractivity contribution in [3.8, 4) is 0 Å². The van der Waals surface area contributed by atoms with Gasteiger partial charge in [-0.05, 0) is 37.1 Å². The Kier molecular flexibility index (Phi) is 5.85. The predicted octanol–water partition coefficient (Wildman–Crippen LogP) is 3.42. The van der Waals surface area contributed by atoms with Crippen LogP contribution < -0.4 is 5.32 Å². The van der Waals surface area contributed by atoms with Gasteiger partial charge in [0, 0.05) is 41.8 Å². The summed E-state index contributed by atoms with van der Waals surface area (Å²) in [4.78, 5) is 38.7. The number of anilines is 1. The van der Waals surface area contributed by atoms with Gasteiger partial charge in [0.05, 0.1) is 23.2 Å². The van der Waals surface area contributed by atoms with Crippen LogP contribution >= 0.6 is 0 Å². The van der Waals surface area contributed by atoms with Crippen LogP contribution in [0.25, 0.3) is 0 Å². The highest BCUT2D eigenvalue weighted by atomic mass is 16.7. The SMILES string of the molecule is CNc1ccccc1C(=O)O[C@@H]1[C@@H](C)[C@]2(O)[C@@H]3C=C(C)C(=O)[C@H]3[C@H](O)C(C)=C[C@H]2[C@@H]2C(C)(C)[C@]12OC(=O)O. The van der Waals surface area contributed by atoms with Gasteiger partial charge < -0.3 is 30.1 Å². The quantitative estimate of drug-likeness (QED) is 0.343. The van der Waals surface area contributed by atoms with Crippen LogP contribution in [0.1, 0.15) is 45.0 Å². The lowest BCUT2D eigenvalue weighted by Crippen LogP contribution is -2.64. The smallest absolute Gasteiger partial charge is 0.454 e. The fraction of sp³-hybridized carbons (Fsp3) is 0.552. The van der Waals surface area contributed by atoms with E-state index in [2.05, 4.69) is 5.32 Å². The maximum absolute atomic E-state index is 13.5. The lowest BCUT2D eigenvalue weighted by Gasteiger charge is -2.51. The molecule has 0 spiro atoms. The molecule has 0 aliphatic heterocycles. The van der Waals surface area contributed by atoms with E-state index in [-0.39, 0.29) is 11.3 Å². The van der Waals surface area contributed by atoms with Crippen molar-refractivity contribution in [2.75, 3.05) is 12.4 Å². The third-order valence-corrected chi connectivity index (χ3v) is 9.86. The van der Waals surface area contributed by atoms with E-state index in [4.69, 9.17) is 9.47 Å². The number of fused-ring (bicyclic) bond motifs is 5. The number of esters is 1. The summed E-state index contributed by atoms with van der Waals surface area (Å²) in [5, 5.41) is 36.6. The van der Waals surface area contributed by atoms with Crippen molar-refractivity contribution in [3.63, 3.8) is 0 Å². The number of benzene rings is 1. The summed E-state index contributed by atoms with van der Waals surface area (Å²) >= 11 is 0. The summed E-state index contributed by atoms with van der Waals surface area (Å²) in [6.07, 6.45) is -0.297. The fourth-order valence-corrected chi connectivity index (χ4v) is 7.95. The van der Waals surface area contributed by atoms with Crippen molar-refractivity contribution in [3.05, 3.63) is 53.1 Å². The average Bonchev–Trinajstić information content (AvgIpc) is 3.20. The summed E-state index contributed by atoms with van der Waals surface area (Å²) in [6, 6.07) is 6.79. The Hall–Kier alpha value is -3.17. The number of carboxylic acid groups (broad SMARTS) is 1. The third-order valence-electron chi connectivity index (χ3n) is 9.86. The first-order valence-corrected chi connectivity index (χ1v) is 13.0. The first-order chi connectivity index (χ1) is 17.7. The predicted molar refractivity (Wildman–Crippen MR) is 137 cm³/mol. The van der Waals surface area contributed by atoms with Gasteiger partial charge in [-0.15, -0.1) is 0 Å². The second-order valence-corrected chi connectivity index (χ2v) is 11.8. The Morgan fingerprint density at radius 2 is 1.74 bits per heavy atom. The monoisotopic (exact) mass is 525 g/mol. The number of ketones is 1. The van der Waals surface area contributed by atoms with Gasteiger partial charge in [0.25, 0.3) is 0 Å². The minimum absolute atomic E-state index is 0.235. The van der Waals surface area contributed by atoms with Gasteiger partial charge in [0.2, 0.25) is 0 Å². The Balaban J connectivity index is 1.68. The molecule has 9 heteroatoms. The molecule has 5 rings (SSSR count). The van der Waals surface area contributed by atoms with Crippen molar-refractivity contribution < 1.29 is 39.2 Å². The number of para-hydroxylation sites is 1.